The number of aromatic nitrogens is 1. The predicted octanol–water partition coefficient (Wildman–Crippen LogP) is 4.57. The van der Waals surface area contributed by atoms with Gasteiger partial charge in [-0.25, -0.2) is 0 Å². The van der Waals surface area contributed by atoms with Gasteiger partial charge in [-0.05, 0) is 61.0 Å². The van der Waals surface area contributed by atoms with Gasteiger partial charge in [0, 0.05) is 16.6 Å². The van der Waals surface area contributed by atoms with Crippen LogP contribution in [-0.2, 0) is 0 Å². The number of ether oxygens (including phenoxy) is 1. The van der Waals surface area contributed by atoms with Crippen molar-refractivity contribution in [2.75, 3.05) is 7.11 Å². The maximum absolute atomic E-state index is 10.4. The van der Waals surface area contributed by atoms with E-state index in [1.54, 1.807) is 18.3 Å². The van der Waals surface area contributed by atoms with Gasteiger partial charge in [0.2, 0.25) is 4.80 Å². The number of rotatable bonds is 5. The van der Waals surface area contributed by atoms with Gasteiger partial charge < -0.3 is 20.1 Å². The van der Waals surface area contributed by atoms with E-state index in [1.807, 2.05) is 41.1 Å². The number of aryl methyl sites for hydroxylation is 1. The van der Waals surface area contributed by atoms with E-state index >= 15 is 0 Å². The molecule has 4 aromatic rings. The largest absolute Gasteiger partial charge is 0.508 e. The normalized spacial score (nSPS) is 11.9. The van der Waals surface area contributed by atoms with Crippen LogP contribution in [0.2, 0.25) is 0 Å². The lowest BCUT2D eigenvalue weighted by Crippen LogP contribution is -2.13. The van der Waals surface area contributed by atoms with E-state index < -0.39 is 0 Å². The first-order chi connectivity index (χ1) is 15.5. The molecule has 162 valence electrons. The molecule has 0 amide bonds. The summed E-state index contributed by atoms with van der Waals surface area (Å²) >= 11 is 1.35. The highest BCUT2D eigenvalue weighted by atomic mass is 32.1. The van der Waals surface area contributed by atoms with Crippen LogP contribution in [0.3, 0.4) is 0 Å². The van der Waals surface area contributed by atoms with Gasteiger partial charge in [0.1, 0.15) is 11.5 Å². The standard InChI is InChI=1S/C24H21N3O4S/c1-15-3-6-17(7-4-15)27-20(19-12-18(28)8-10-21(19)29)14-32-24(27)26-25-13-16-5-9-22(30)23(11-16)31-2/h3-14,28-30H,1-2H3/b25-13+,26-24-. The minimum absolute atomic E-state index is 0.0487. The predicted molar refractivity (Wildman–Crippen MR) is 125 cm³/mol. The van der Waals surface area contributed by atoms with Crippen molar-refractivity contribution < 1.29 is 20.1 Å². The van der Waals surface area contributed by atoms with E-state index in [9.17, 15) is 15.3 Å². The van der Waals surface area contributed by atoms with Crippen molar-refractivity contribution in [3.05, 3.63) is 82.0 Å². The Morgan fingerprint density at radius 3 is 2.44 bits per heavy atom. The summed E-state index contributed by atoms with van der Waals surface area (Å²) in [5.74, 6) is 0.499. The highest BCUT2D eigenvalue weighted by molar-refractivity contribution is 7.07. The van der Waals surface area contributed by atoms with Gasteiger partial charge in [0.05, 0.1) is 19.0 Å². The van der Waals surface area contributed by atoms with E-state index in [0.717, 1.165) is 11.3 Å². The summed E-state index contributed by atoms with van der Waals surface area (Å²) in [6.45, 7) is 2.01. The summed E-state index contributed by atoms with van der Waals surface area (Å²) in [6.07, 6.45) is 1.56. The van der Waals surface area contributed by atoms with Crippen molar-refractivity contribution in [2.24, 2.45) is 10.2 Å². The van der Waals surface area contributed by atoms with Crippen LogP contribution in [0.15, 0.2) is 76.2 Å². The molecule has 0 saturated heterocycles. The van der Waals surface area contributed by atoms with Gasteiger partial charge in [-0.3, -0.25) is 4.57 Å². The van der Waals surface area contributed by atoms with Gasteiger partial charge >= 0.3 is 0 Å². The second-order valence-corrected chi connectivity index (χ2v) is 7.89. The Bertz CT molecular complexity index is 1350. The van der Waals surface area contributed by atoms with E-state index in [-0.39, 0.29) is 17.2 Å². The summed E-state index contributed by atoms with van der Waals surface area (Å²) in [7, 11) is 1.48. The first kappa shape index (κ1) is 21.2. The molecule has 0 unspecified atom stereocenters. The third-order valence-corrected chi connectivity index (χ3v) is 5.63. The molecule has 0 radical (unpaired) electrons. The second-order valence-electron chi connectivity index (χ2n) is 7.05. The molecule has 1 aromatic heterocycles. The quantitative estimate of drug-likeness (QED) is 0.237. The van der Waals surface area contributed by atoms with Crippen LogP contribution in [0.4, 0.5) is 0 Å². The minimum Gasteiger partial charge on any atom is -0.508 e. The first-order valence-electron chi connectivity index (χ1n) is 9.70. The van der Waals surface area contributed by atoms with Crippen molar-refractivity contribution in [3.63, 3.8) is 0 Å². The Kier molecular flexibility index (Phi) is 5.96. The Morgan fingerprint density at radius 2 is 1.69 bits per heavy atom. The smallest absolute Gasteiger partial charge is 0.215 e. The molecule has 8 heteroatoms. The van der Waals surface area contributed by atoms with E-state index in [1.165, 1.54) is 42.7 Å². The zero-order chi connectivity index (χ0) is 22.7. The zero-order valence-corrected chi connectivity index (χ0v) is 18.2. The van der Waals surface area contributed by atoms with Crippen LogP contribution < -0.4 is 9.54 Å². The summed E-state index contributed by atoms with van der Waals surface area (Å²) in [4.78, 5) is 0.577. The molecular weight excluding hydrogens is 426 g/mol. The Labute approximate surface area is 188 Å². The number of methoxy groups -OCH3 is 1. The molecule has 4 rings (SSSR count). The Hall–Kier alpha value is -4.04. The van der Waals surface area contributed by atoms with Crippen LogP contribution in [0.5, 0.6) is 23.0 Å². The average Bonchev–Trinajstić information content (AvgIpc) is 3.20. The summed E-state index contributed by atoms with van der Waals surface area (Å²) < 4.78 is 6.99. The molecule has 0 aliphatic rings. The third kappa shape index (κ3) is 4.35. The number of aromatic hydroxyl groups is 3. The minimum atomic E-state index is 0.0487. The lowest BCUT2D eigenvalue weighted by Gasteiger charge is -2.11. The molecule has 3 N–H and O–H groups in total. The maximum Gasteiger partial charge on any atom is 0.215 e. The van der Waals surface area contributed by atoms with Crippen LogP contribution in [0.25, 0.3) is 16.9 Å². The van der Waals surface area contributed by atoms with Crippen molar-refractivity contribution in [1.82, 2.24) is 4.57 Å². The average molecular weight is 448 g/mol. The lowest BCUT2D eigenvalue weighted by molar-refractivity contribution is 0.373. The summed E-state index contributed by atoms with van der Waals surface area (Å²) in [6, 6.07) is 17.2. The van der Waals surface area contributed by atoms with Gasteiger partial charge in [0.25, 0.3) is 0 Å². The topological polar surface area (TPSA) is 99.6 Å². The molecule has 1 heterocycles. The second kappa shape index (κ2) is 8.99. The van der Waals surface area contributed by atoms with E-state index in [4.69, 9.17) is 4.74 Å². The number of nitrogens with zero attached hydrogens (tertiary/aromatic N) is 3. The van der Waals surface area contributed by atoms with E-state index in [2.05, 4.69) is 10.2 Å². The number of benzene rings is 3. The highest BCUT2D eigenvalue weighted by Gasteiger charge is 2.14. The Balaban J connectivity index is 1.83. The molecule has 0 aliphatic carbocycles. The number of hydrogen-bond acceptors (Lipinski definition) is 7. The molecule has 7 nitrogen and oxygen atoms in total. The SMILES string of the molecule is COc1cc(/C=N/N=c2\scc(-c3cc(O)ccc3O)n2-c2ccc(C)cc2)ccc1O. The highest BCUT2D eigenvalue weighted by Crippen LogP contribution is 2.34. The summed E-state index contributed by atoms with van der Waals surface area (Å²) in [5.41, 5.74) is 3.83. The van der Waals surface area contributed by atoms with Crippen molar-refractivity contribution in [1.29, 1.82) is 0 Å². The molecule has 0 fully saturated rings. The molecule has 0 saturated carbocycles. The molecule has 0 bridgehead atoms. The maximum atomic E-state index is 10.4. The van der Waals surface area contributed by atoms with Crippen LogP contribution in [0, 0.1) is 6.92 Å². The first-order valence-corrected chi connectivity index (χ1v) is 10.6. The molecule has 0 aliphatic heterocycles. The van der Waals surface area contributed by atoms with Gasteiger partial charge in [0.15, 0.2) is 11.5 Å². The fourth-order valence-corrected chi connectivity index (χ4v) is 4.01. The fourth-order valence-electron chi connectivity index (χ4n) is 3.16. The molecular formula is C24H21N3O4S. The number of thiazole rings is 1. The van der Waals surface area contributed by atoms with Crippen molar-refractivity contribution in [3.8, 4) is 39.9 Å². The van der Waals surface area contributed by atoms with Crippen LogP contribution in [0.1, 0.15) is 11.1 Å². The molecule has 0 spiro atoms. The number of hydrogen-bond donors (Lipinski definition) is 3. The van der Waals surface area contributed by atoms with Crippen molar-refractivity contribution in [2.45, 2.75) is 6.92 Å². The number of phenols is 3. The molecule has 0 atom stereocenters. The fraction of sp³-hybridized carbons (Fsp3) is 0.0833. The van der Waals surface area contributed by atoms with Gasteiger partial charge in [-0.1, -0.05) is 17.7 Å². The van der Waals surface area contributed by atoms with Gasteiger partial charge in [-0.15, -0.1) is 16.4 Å². The number of phenolic OH excluding ortho intramolecular Hbond substituents is 3. The molecule has 32 heavy (non-hydrogen) atoms. The van der Waals surface area contributed by atoms with Gasteiger partial charge in [-0.2, -0.15) is 5.10 Å². The van der Waals surface area contributed by atoms with E-state index in [0.29, 0.717) is 27.4 Å². The monoisotopic (exact) mass is 447 g/mol. The zero-order valence-electron chi connectivity index (χ0n) is 17.4. The lowest BCUT2D eigenvalue weighted by atomic mass is 10.1. The summed E-state index contributed by atoms with van der Waals surface area (Å²) in [5, 5.41) is 40.5. The Morgan fingerprint density at radius 1 is 0.938 bits per heavy atom. The molecule has 3 aromatic carbocycles. The van der Waals surface area contributed by atoms with Crippen molar-refractivity contribution >= 4 is 17.6 Å². The van der Waals surface area contributed by atoms with Crippen LogP contribution in [-0.4, -0.2) is 33.2 Å². The van der Waals surface area contributed by atoms with Crippen LogP contribution >= 0.6 is 11.3 Å². The third-order valence-electron chi connectivity index (χ3n) is 4.81.